The van der Waals surface area contributed by atoms with E-state index in [2.05, 4.69) is 4.98 Å². The van der Waals surface area contributed by atoms with Gasteiger partial charge in [0, 0.05) is 67.1 Å². The monoisotopic (exact) mass is 463 g/mol. The molecule has 3 nitrogen and oxygen atoms in total. The van der Waals surface area contributed by atoms with Crippen molar-refractivity contribution in [2.24, 2.45) is 7.05 Å². The van der Waals surface area contributed by atoms with E-state index in [0.717, 1.165) is 12.3 Å². The largest absolute Gasteiger partial charge is 0.455 e. The summed E-state index contributed by atoms with van der Waals surface area (Å²) in [4.78, 5) is 4.29. The van der Waals surface area contributed by atoms with Gasteiger partial charge in [0.1, 0.15) is 18.2 Å². The third kappa shape index (κ3) is 2.70. The second kappa shape index (κ2) is 7.02. The molecule has 0 aliphatic heterocycles. The van der Waals surface area contributed by atoms with E-state index in [9.17, 15) is 0 Å². The Kier molecular flexibility index (Phi) is 2.07. The Hall–Kier alpha value is -3.46. The van der Waals surface area contributed by atoms with Gasteiger partial charge in [-0.05, 0) is 62.2 Å². The minimum absolute atomic E-state index is 0.0311. The molecule has 3 aromatic heterocycles. The average molecular weight is 464 g/mol. The first-order valence-corrected chi connectivity index (χ1v) is 10.7. The van der Waals surface area contributed by atoms with E-state index in [4.69, 9.17) is 26.3 Å². The van der Waals surface area contributed by atoms with Crippen molar-refractivity contribution in [2.45, 2.75) is 52.5 Å². The minimum atomic E-state index is -3.49. The first kappa shape index (κ1) is 10.0. The van der Waals surface area contributed by atoms with Gasteiger partial charge in [0.05, 0.1) is 11.3 Å². The van der Waals surface area contributed by atoms with Crippen molar-refractivity contribution in [3.63, 3.8) is 0 Å². The summed E-state index contributed by atoms with van der Waals surface area (Å²) in [6.45, 7) is -14.6. The standard InChI is InChI=1S/C31H31N2O/c1-17(2)24-15-25(33(7)16-19(24)4)26-18(3)10-11-21-22-13-12-20-23-9-8-14-32-30(23)31(5,6)27(20)29(22)34-28(21)26/h8-17H,1-7H3/q+1/i1D3,2D3,4D3,5D3,6D3,17D. The summed E-state index contributed by atoms with van der Waals surface area (Å²) in [6.07, 6.45) is 2.41. The van der Waals surface area contributed by atoms with Crippen LogP contribution in [0.25, 0.3) is 44.3 Å². The second-order valence-corrected chi connectivity index (χ2v) is 8.72. The van der Waals surface area contributed by atoms with Crippen molar-refractivity contribution in [1.29, 1.82) is 0 Å². The van der Waals surface area contributed by atoms with Crippen molar-refractivity contribution in [3.8, 4) is 22.4 Å². The Bertz CT molecular complexity index is 2170. The normalized spacial score (nSPS) is 23.4. The van der Waals surface area contributed by atoms with Gasteiger partial charge in [-0.1, -0.05) is 38.0 Å². The molecular formula is C31H31N2O+. The number of benzene rings is 2. The highest BCUT2D eigenvalue weighted by atomic mass is 16.3. The molecule has 0 bridgehead atoms. The van der Waals surface area contributed by atoms with E-state index in [-0.39, 0.29) is 33.7 Å². The molecule has 0 spiro atoms. The molecule has 34 heavy (non-hydrogen) atoms. The zero-order valence-corrected chi connectivity index (χ0v) is 18.5. The molecule has 5 aromatic rings. The van der Waals surface area contributed by atoms with Gasteiger partial charge in [-0.3, -0.25) is 4.98 Å². The zero-order valence-electron chi connectivity index (χ0n) is 34.5. The van der Waals surface area contributed by atoms with Crippen LogP contribution in [0.2, 0.25) is 0 Å². The number of hydrogen-bond acceptors (Lipinski definition) is 2. The molecule has 1 aliphatic rings. The Morgan fingerprint density at radius 3 is 2.65 bits per heavy atom. The number of hydrogen-bond donors (Lipinski definition) is 0. The van der Waals surface area contributed by atoms with Crippen LogP contribution in [0.5, 0.6) is 0 Å². The number of furan rings is 1. The summed E-state index contributed by atoms with van der Waals surface area (Å²) < 4.78 is 142. The topological polar surface area (TPSA) is 29.9 Å². The predicted molar refractivity (Wildman–Crippen MR) is 139 cm³/mol. The van der Waals surface area contributed by atoms with Crippen molar-refractivity contribution in [2.75, 3.05) is 0 Å². The predicted octanol–water partition coefficient (Wildman–Crippen LogP) is 7.52. The summed E-state index contributed by atoms with van der Waals surface area (Å²) in [5, 5.41) is 0.787. The van der Waals surface area contributed by atoms with Crippen LogP contribution in [0.3, 0.4) is 0 Å². The van der Waals surface area contributed by atoms with Gasteiger partial charge in [0.15, 0.2) is 6.20 Å². The Morgan fingerprint density at radius 2 is 1.85 bits per heavy atom. The van der Waals surface area contributed by atoms with E-state index in [1.54, 1.807) is 43.3 Å². The summed E-state index contributed by atoms with van der Waals surface area (Å²) in [7, 11) is 1.47. The molecule has 3 heterocycles. The fourth-order valence-electron chi connectivity index (χ4n) is 5.06. The van der Waals surface area contributed by atoms with Crippen molar-refractivity contribution in [1.82, 2.24) is 4.98 Å². The zero-order chi connectivity index (χ0) is 37.4. The number of nitrogens with zero attached hydrogens (tertiary/aromatic N) is 2. The SMILES string of the molecule is [2H]C([2H])([2H])c1c[n+](C)c(-c2c(C)ccc3c2oc2c4c(ccc23)-c2cccnc2C4(C([2H])([2H])[2H])C([2H])([2H])[2H])cc1C([2H])(C([2H])([2H])[2H])C([2H])([2H])[2H]. The molecule has 6 rings (SSSR count). The molecule has 0 fully saturated rings. The molecule has 1 aliphatic carbocycles. The van der Waals surface area contributed by atoms with E-state index >= 15 is 0 Å². The van der Waals surface area contributed by atoms with E-state index < -0.39 is 56.7 Å². The molecule has 0 radical (unpaired) electrons. The molecule has 170 valence electrons. The highest BCUT2D eigenvalue weighted by molar-refractivity contribution is 6.12. The van der Waals surface area contributed by atoms with Gasteiger partial charge in [0.2, 0.25) is 5.69 Å². The van der Waals surface area contributed by atoms with Crippen LogP contribution in [0.1, 0.15) is 83.2 Å². The van der Waals surface area contributed by atoms with Gasteiger partial charge >= 0.3 is 0 Å². The van der Waals surface area contributed by atoms with Crippen molar-refractivity contribution >= 4 is 21.9 Å². The third-order valence-electron chi connectivity index (χ3n) is 6.65. The second-order valence-electron chi connectivity index (χ2n) is 8.72. The highest BCUT2D eigenvalue weighted by Crippen LogP contribution is 2.52. The van der Waals surface area contributed by atoms with Gasteiger partial charge in [-0.25, -0.2) is 4.57 Å². The maximum atomic E-state index is 8.91. The first-order chi connectivity index (χ1) is 22.7. The average Bonchev–Trinajstić information content (AvgIpc) is 3.49. The van der Waals surface area contributed by atoms with Crippen LogP contribution in [0.4, 0.5) is 0 Å². The molecule has 3 heteroatoms. The summed E-state index contributed by atoms with van der Waals surface area (Å²) in [5.74, 6) is -3.36. The molecule has 2 aromatic carbocycles. The van der Waals surface area contributed by atoms with Crippen LogP contribution in [0, 0.1) is 13.8 Å². The smallest absolute Gasteiger partial charge is 0.216 e. The van der Waals surface area contributed by atoms with Gasteiger partial charge in [-0.2, -0.15) is 0 Å². The molecule has 0 saturated carbocycles. The molecule has 0 N–H and O–H groups in total. The van der Waals surface area contributed by atoms with Gasteiger partial charge in [-0.15, -0.1) is 0 Å². The van der Waals surface area contributed by atoms with Crippen LogP contribution in [-0.2, 0) is 12.5 Å². The van der Waals surface area contributed by atoms with Crippen molar-refractivity contribution < 1.29 is 30.9 Å². The van der Waals surface area contributed by atoms with Gasteiger partial charge < -0.3 is 4.42 Å². The molecule has 0 atom stereocenters. The number of rotatable bonds is 2. The lowest BCUT2D eigenvalue weighted by Gasteiger charge is -2.20. The molecular weight excluding hydrogens is 416 g/mol. The minimum Gasteiger partial charge on any atom is -0.455 e. The maximum Gasteiger partial charge on any atom is 0.216 e. The molecule has 0 saturated heterocycles. The number of aromatic nitrogens is 2. The fraction of sp³-hybridized carbons (Fsp3) is 0.290. The van der Waals surface area contributed by atoms with Gasteiger partial charge in [0.25, 0.3) is 0 Å². The summed E-state index contributed by atoms with van der Waals surface area (Å²) >= 11 is 0. The lowest BCUT2D eigenvalue weighted by molar-refractivity contribution is -0.660. The molecule has 0 unspecified atom stereocenters. The first-order valence-electron chi connectivity index (χ1n) is 18.7. The third-order valence-corrected chi connectivity index (χ3v) is 6.65. The highest BCUT2D eigenvalue weighted by Gasteiger charge is 2.40. The van der Waals surface area contributed by atoms with E-state index in [0.29, 0.717) is 27.5 Å². The number of fused-ring (bicyclic) bond motifs is 7. The number of aryl methyl sites for hydroxylation is 3. The van der Waals surface area contributed by atoms with Crippen molar-refractivity contribution in [3.05, 3.63) is 82.8 Å². The van der Waals surface area contributed by atoms with Crippen LogP contribution in [0.15, 0.2) is 59.3 Å². The fourth-order valence-corrected chi connectivity index (χ4v) is 5.06. The Balaban J connectivity index is 1.78. The van der Waals surface area contributed by atoms with E-state index in [1.165, 1.54) is 17.8 Å². The Labute approximate surface area is 223 Å². The lowest BCUT2D eigenvalue weighted by atomic mass is 9.84. The quantitative estimate of drug-likeness (QED) is 0.253. The Morgan fingerprint density at radius 1 is 1.03 bits per heavy atom. The van der Waals surface area contributed by atoms with Crippen LogP contribution < -0.4 is 4.57 Å². The summed E-state index contributed by atoms with van der Waals surface area (Å²) in [6, 6.07) is 10.9. The summed E-state index contributed by atoms with van der Waals surface area (Å²) in [5.41, 5.74) is -2.62. The number of pyridine rings is 2. The van der Waals surface area contributed by atoms with Crippen LogP contribution in [-0.4, -0.2) is 4.98 Å². The van der Waals surface area contributed by atoms with E-state index in [1.807, 2.05) is 0 Å². The maximum absolute atomic E-state index is 8.91. The molecule has 0 amide bonds. The lowest BCUT2D eigenvalue weighted by Crippen LogP contribution is -2.32. The van der Waals surface area contributed by atoms with Crippen LogP contribution >= 0.6 is 0 Å².